The standard InChI is InChI=1S/C14H26N4O2S.HI/c1-15-13(17-9-6-14(12-17)4-2-5-14)16-7-10-18-8-3-11-21(18,19)20;/h2-12H2,1H3,(H,15,16);1H. The largest absolute Gasteiger partial charge is 0.355 e. The number of hydrogen-bond acceptors (Lipinski definition) is 3. The van der Waals surface area contributed by atoms with Gasteiger partial charge >= 0.3 is 0 Å². The summed E-state index contributed by atoms with van der Waals surface area (Å²) in [5.74, 6) is 1.23. The van der Waals surface area contributed by atoms with Crippen molar-refractivity contribution in [2.75, 3.05) is 45.5 Å². The van der Waals surface area contributed by atoms with Gasteiger partial charge in [-0.2, -0.15) is 0 Å². The fourth-order valence-electron chi connectivity index (χ4n) is 3.77. The molecular formula is C14H27IN4O2S. The fourth-order valence-corrected chi connectivity index (χ4v) is 5.30. The molecule has 1 N–H and O–H groups in total. The Kier molecular flexibility index (Phi) is 5.98. The number of guanidine groups is 1. The molecule has 2 heterocycles. The van der Waals surface area contributed by atoms with Crippen LogP contribution in [-0.4, -0.2) is 69.1 Å². The molecule has 3 aliphatic rings. The highest BCUT2D eigenvalue weighted by Gasteiger charge is 2.43. The van der Waals surface area contributed by atoms with Crippen molar-refractivity contribution in [1.82, 2.24) is 14.5 Å². The van der Waals surface area contributed by atoms with Gasteiger partial charge in [0.15, 0.2) is 5.96 Å². The fraction of sp³-hybridized carbons (Fsp3) is 0.929. The molecule has 1 spiro atoms. The summed E-state index contributed by atoms with van der Waals surface area (Å²) >= 11 is 0. The van der Waals surface area contributed by atoms with E-state index in [-0.39, 0.29) is 24.0 Å². The smallest absolute Gasteiger partial charge is 0.214 e. The topological polar surface area (TPSA) is 65.0 Å². The quantitative estimate of drug-likeness (QED) is 0.404. The zero-order chi connectivity index (χ0) is 14.9. The zero-order valence-electron chi connectivity index (χ0n) is 13.3. The normalized spacial score (nSPS) is 26.8. The van der Waals surface area contributed by atoms with E-state index in [0.29, 0.717) is 30.8 Å². The summed E-state index contributed by atoms with van der Waals surface area (Å²) in [7, 11) is -1.18. The number of likely N-dealkylation sites (tertiary alicyclic amines) is 1. The Morgan fingerprint density at radius 2 is 2.00 bits per heavy atom. The first-order chi connectivity index (χ1) is 10.0. The van der Waals surface area contributed by atoms with Gasteiger partial charge in [-0.05, 0) is 31.1 Å². The third-order valence-corrected chi connectivity index (χ3v) is 7.17. The lowest BCUT2D eigenvalue weighted by molar-refractivity contribution is 0.151. The summed E-state index contributed by atoms with van der Waals surface area (Å²) in [5.41, 5.74) is 0.551. The number of nitrogens with zero attached hydrogens (tertiary/aromatic N) is 3. The first-order valence-corrected chi connectivity index (χ1v) is 9.59. The van der Waals surface area contributed by atoms with E-state index in [1.165, 1.54) is 25.7 Å². The van der Waals surface area contributed by atoms with Gasteiger partial charge in [0, 0.05) is 39.8 Å². The second kappa shape index (κ2) is 7.21. The summed E-state index contributed by atoms with van der Waals surface area (Å²) in [6.07, 6.45) is 6.10. The van der Waals surface area contributed by atoms with Crippen LogP contribution in [0.15, 0.2) is 4.99 Å². The summed E-state index contributed by atoms with van der Waals surface area (Å²) in [4.78, 5) is 6.69. The van der Waals surface area contributed by atoms with Gasteiger partial charge in [-0.1, -0.05) is 6.42 Å². The molecule has 0 aromatic carbocycles. The van der Waals surface area contributed by atoms with E-state index in [1.54, 1.807) is 11.4 Å². The molecule has 0 amide bonds. The van der Waals surface area contributed by atoms with Gasteiger partial charge in [-0.3, -0.25) is 4.99 Å². The predicted octanol–water partition coefficient (Wildman–Crippen LogP) is 1.09. The Bertz CT molecular complexity index is 519. The highest BCUT2D eigenvalue weighted by atomic mass is 127. The van der Waals surface area contributed by atoms with Crippen LogP contribution < -0.4 is 5.32 Å². The van der Waals surface area contributed by atoms with Crippen LogP contribution in [0, 0.1) is 5.41 Å². The summed E-state index contributed by atoms with van der Waals surface area (Å²) in [5, 5.41) is 3.33. The lowest BCUT2D eigenvalue weighted by atomic mass is 9.68. The molecule has 6 nitrogen and oxygen atoms in total. The number of rotatable bonds is 3. The lowest BCUT2D eigenvalue weighted by Gasteiger charge is -2.38. The van der Waals surface area contributed by atoms with E-state index >= 15 is 0 Å². The van der Waals surface area contributed by atoms with Gasteiger partial charge in [0.25, 0.3) is 0 Å². The number of sulfonamides is 1. The maximum atomic E-state index is 11.8. The van der Waals surface area contributed by atoms with Crippen LogP contribution in [0.2, 0.25) is 0 Å². The van der Waals surface area contributed by atoms with Crippen LogP contribution >= 0.6 is 24.0 Å². The molecule has 3 fully saturated rings. The van der Waals surface area contributed by atoms with Crippen LogP contribution in [0.25, 0.3) is 0 Å². The average Bonchev–Trinajstić information content (AvgIpc) is 2.99. The van der Waals surface area contributed by atoms with Crippen molar-refractivity contribution < 1.29 is 8.42 Å². The minimum Gasteiger partial charge on any atom is -0.355 e. The maximum Gasteiger partial charge on any atom is 0.214 e. The number of hydrogen-bond donors (Lipinski definition) is 1. The van der Waals surface area contributed by atoms with E-state index in [0.717, 1.165) is 25.5 Å². The van der Waals surface area contributed by atoms with Crippen LogP contribution in [0.3, 0.4) is 0 Å². The molecule has 2 aliphatic heterocycles. The van der Waals surface area contributed by atoms with Crippen molar-refractivity contribution in [1.29, 1.82) is 0 Å². The number of nitrogens with one attached hydrogen (secondary N) is 1. The van der Waals surface area contributed by atoms with Crippen LogP contribution in [0.5, 0.6) is 0 Å². The molecule has 0 aromatic heterocycles. The Morgan fingerprint density at radius 3 is 2.50 bits per heavy atom. The van der Waals surface area contributed by atoms with Gasteiger partial charge < -0.3 is 10.2 Å². The van der Waals surface area contributed by atoms with Gasteiger partial charge in [0.2, 0.25) is 10.0 Å². The van der Waals surface area contributed by atoms with Crippen LogP contribution in [0.4, 0.5) is 0 Å². The second-order valence-electron chi connectivity index (χ2n) is 6.57. The molecular weight excluding hydrogens is 415 g/mol. The SMILES string of the molecule is CN=C(NCCN1CCCS1(=O)=O)N1CCC2(CCC2)C1.I. The number of aliphatic imine (C=N–C) groups is 1. The van der Waals surface area contributed by atoms with E-state index in [2.05, 4.69) is 15.2 Å². The van der Waals surface area contributed by atoms with Crippen molar-refractivity contribution >= 4 is 40.0 Å². The molecule has 0 aromatic rings. The maximum absolute atomic E-state index is 11.8. The Morgan fingerprint density at radius 1 is 1.23 bits per heavy atom. The summed E-state index contributed by atoms with van der Waals surface area (Å²) < 4.78 is 25.1. The Balaban J connectivity index is 0.00000176. The van der Waals surface area contributed by atoms with Gasteiger partial charge in [0.1, 0.15) is 0 Å². The van der Waals surface area contributed by atoms with E-state index in [1.807, 2.05) is 0 Å². The molecule has 0 unspecified atom stereocenters. The Labute approximate surface area is 150 Å². The molecule has 2 saturated heterocycles. The highest BCUT2D eigenvalue weighted by molar-refractivity contribution is 14.0. The third-order valence-electron chi connectivity index (χ3n) is 5.21. The molecule has 128 valence electrons. The van der Waals surface area contributed by atoms with Gasteiger partial charge in [0.05, 0.1) is 5.75 Å². The monoisotopic (exact) mass is 442 g/mol. The van der Waals surface area contributed by atoms with Crippen molar-refractivity contribution in [3.05, 3.63) is 0 Å². The second-order valence-corrected chi connectivity index (χ2v) is 8.66. The van der Waals surface area contributed by atoms with E-state index < -0.39 is 10.0 Å². The Hall–Kier alpha value is -0.0900. The molecule has 0 atom stereocenters. The zero-order valence-corrected chi connectivity index (χ0v) is 16.4. The van der Waals surface area contributed by atoms with Crippen molar-refractivity contribution in [3.63, 3.8) is 0 Å². The van der Waals surface area contributed by atoms with E-state index in [9.17, 15) is 8.42 Å². The molecule has 1 aliphatic carbocycles. The average molecular weight is 442 g/mol. The first-order valence-electron chi connectivity index (χ1n) is 7.98. The minimum atomic E-state index is -2.98. The molecule has 1 saturated carbocycles. The van der Waals surface area contributed by atoms with Crippen LogP contribution in [-0.2, 0) is 10.0 Å². The van der Waals surface area contributed by atoms with Crippen molar-refractivity contribution in [2.45, 2.75) is 32.1 Å². The molecule has 0 bridgehead atoms. The summed E-state index contributed by atoms with van der Waals surface area (Å²) in [6.45, 7) is 4.02. The van der Waals surface area contributed by atoms with E-state index in [4.69, 9.17) is 0 Å². The molecule has 0 radical (unpaired) electrons. The van der Waals surface area contributed by atoms with Gasteiger partial charge in [-0.25, -0.2) is 12.7 Å². The molecule has 8 heteroatoms. The van der Waals surface area contributed by atoms with Gasteiger partial charge in [-0.15, -0.1) is 24.0 Å². The number of halogens is 1. The first kappa shape index (κ1) is 18.3. The van der Waals surface area contributed by atoms with Crippen LogP contribution in [0.1, 0.15) is 32.1 Å². The minimum absolute atomic E-state index is 0. The van der Waals surface area contributed by atoms with Crippen molar-refractivity contribution in [2.24, 2.45) is 10.4 Å². The highest BCUT2D eigenvalue weighted by Crippen LogP contribution is 2.47. The third kappa shape index (κ3) is 3.69. The van der Waals surface area contributed by atoms with Crippen molar-refractivity contribution in [3.8, 4) is 0 Å². The molecule has 3 rings (SSSR count). The molecule has 22 heavy (non-hydrogen) atoms. The lowest BCUT2D eigenvalue weighted by Crippen LogP contribution is -2.45. The summed E-state index contributed by atoms with van der Waals surface area (Å²) in [6, 6.07) is 0. The predicted molar refractivity (Wildman–Crippen MR) is 99.2 cm³/mol.